The number of allylic oxidation sites excluding steroid dienone is 5. The summed E-state index contributed by atoms with van der Waals surface area (Å²) < 4.78 is 4.66. The van der Waals surface area contributed by atoms with Crippen molar-refractivity contribution in [3.63, 3.8) is 0 Å². The van der Waals surface area contributed by atoms with Gasteiger partial charge in [-0.05, 0) is 50.5 Å². The summed E-state index contributed by atoms with van der Waals surface area (Å²) in [5.74, 6) is -0.343. The maximum atomic E-state index is 11.3. The highest BCUT2D eigenvalue weighted by atomic mass is 16.5. The Morgan fingerprint density at radius 3 is 2.00 bits per heavy atom. The molecule has 0 amide bonds. The Morgan fingerprint density at radius 1 is 0.950 bits per heavy atom. The molecule has 0 saturated carbocycles. The number of carbonyl (C=O) groups excluding carboxylic acids is 1. The minimum atomic E-state index is -0.343. The Hall–Kier alpha value is -2.09. The molecule has 2 heteroatoms. The van der Waals surface area contributed by atoms with Crippen LogP contribution >= 0.6 is 0 Å². The summed E-state index contributed by atoms with van der Waals surface area (Å²) in [7, 11) is 1.38. The molecule has 0 aliphatic heterocycles. The summed E-state index contributed by atoms with van der Waals surface area (Å²) in [4.78, 5) is 11.3. The van der Waals surface area contributed by atoms with E-state index in [4.69, 9.17) is 0 Å². The predicted molar refractivity (Wildman–Crippen MR) is 84.2 cm³/mol. The van der Waals surface area contributed by atoms with Gasteiger partial charge in [0.2, 0.25) is 0 Å². The summed E-state index contributed by atoms with van der Waals surface area (Å²) in [5, 5.41) is 0. The molecule has 0 saturated heterocycles. The zero-order chi connectivity index (χ0) is 15.1. The van der Waals surface area contributed by atoms with Crippen molar-refractivity contribution in [1.82, 2.24) is 0 Å². The molecule has 0 aliphatic carbocycles. The normalized spacial score (nSPS) is 10.2. The summed E-state index contributed by atoms with van der Waals surface area (Å²) in [6.07, 6.45) is 3.30. The molecule has 0 heterocycles. The SMILES string of the molecule is COC(=O)/C=C/C(=C(C)C)C(=C(C)C)c1ccccc1. The van der Waals surface area contributed by atoms with Crippen LogP contribution in [0.4, 0.5) is 0 Å². The smallest absolute Gasteiger partial charge is 0.330 e. The molecule has 2 nitrogen and oxygen atoms in total. The van der Waals surface area contributed by atoms with Gasteiger partial charge in [0.1, 0.15) is 0 Å². The number of methoxy groups -OCH3 is 1. The predicted octanol–water partition coefficient (Wildman–Crippen LogP) is 4.55. The molecule has 1 aromatic carbocycles. The van der Waals surface area contributed by atoms with Gasteiger partial charge in [0.15, 0.2) is 0 Å². The highest BCUT2D eigenvalue weighted by molar-refractivity contribution is 5.88. The minimum absolute atomic E-state index is 0.343. The van der Waals surface area contributed by atoms with Crippen molar-refractivity contribution >= 4 is 11.5 Å². The van der Waals surface area contributed by atoms with Gasteiger partial charge in [-0.3, -0.25) is 0 Å². The van der Waals surface area contributed by atoms with Crippen molar-refractivity contribution in [1.29, 1.82) is 0 Å². The second kappa shape index (κ2) is 7.49. The highest BCUT2D eigenvalue weighted by Crippen LogP contribution is 2.29. The monoisotopic (exact) mass is 270 g/mol. The van der Waals surface area contributed by atoms with Gasteiger partial charge in [-0.1, -0.05) is 41.5 Å². The van der Waals surface area contributed by atoms with Gasteiger partial charge in [0.05, 0.1) is 7.11 Å². The molecule has 0 spiro atoms. The number of hydrogen-bond acceptors (Lipinski definition) is 2. The summed E-state index contributed by atoms with van der Waals surface area (Å²) >= 11 is 0. The van der Waals surface area contributed by atoms with E-state index in [0.29, 0.717) is 0 Å². The van der Waals surface area contributed by atoms with Crippen LogP contribution < -0.4 is 0 Å². The first-order valence-corrected chi connectivity index (χ1v) is 6.64. The minimum Gasteiger partial charge on any atom is -0.466 e. The Kier molecular flexibility index (Phi) is 5.98. The van der Waals surface area contributed by atoms with E-state index in [1.807, 2.05) is 38.1 Å². The fourth-order valence-corrected chi connectivity index (χ4v) is 2.04. The average molecular weight is 270 g/mol. The Labute approximate surface area is 121 Å². The van der Waals surface area contributed by atoms with E-state index in [9.17, 15) is 4.79 Å². The zero-order valence-electron chi connectivity index (χ0n) is 12.9. The van der Waals surface area contributed by atoms with Crippen LogP contribution in [0, 0.1) is 0 Å². The Bertz CT molecular complexity index is 552. The molecule has 0 unspecified atom stereocenters. The van der Waals surface area contributed by atoms with E-state index in [1.54, 1.807) is 0 Å². The molecule has 0 fully saturated rings. The number of rotatable bonds is 4. The largest absolute Gasteiger partial charge is 0.466 e. The molecule has 0 aliphatic rings. The molecule has 20 heavy (non-hydrogen) atoms. The second-order valence-corrected chi connectivity index (χ2v) is 5.01. The third-order valence-electron chi connectivity index (χ3n) is 2.96. The summed E-state index contributed by atoms with van der Waals surface area (Å²) in [5.41, 5.74) is 5.73. The van der Waals surface area contributed by atoms with E-state index >= 15 is 0 Å². The Morgan fingerprint density at radius 2 is 1.55 bits per heavy atom. The lowest BCUT2D eigenvalue weighted by Crippen LogP contribution is -1.97. The van der Waals surface area contributed by atoms with Gasteiger partial charge in [0.25, 0.3) is 0 Å². The molecule has 0 atom stereocenters. The van der Waals surface area contributed by atoms with Crippen molar-refractivity contribution in [2.45, 2.75) is 27.7 Å². The lowest BCUT2D eigenvalue weighted by Gasteiger charge is -2.14. The number of ether oxygens (including phenoxy) is 1. The van der Waals surface area contributed by atoms with E-state index in [2.05, 4.69) is 30.7 Å². The first-order chi connectivity index (χ1) is 9.47. The first-order valence-electron chi connectivity index (χ1n) is 6.64. The van der Waals surface area contributed by atoms with E-state index in [1.165, 1.54) is 18.8 Å². The lowest BCUT2D eigenvalue weighted by molar-refractivity contribution is -0.134. The van der Waals surface area contributed by atoms with Crippen molar-refractivity contribution in [3.8, 4) is 0 Å². The molecule has 0 bridgehead atoms. The van der Waals surface area contributed by atoms with Crippen molar-refractivity contribution in [3.05, 3.63) is 64.8 Å². The molecule has 106 valence electrons. The molecule has 1 aromatic rings. The highest BCUT2D eigenvalue weighted by Gasteiger charge is 2.09. The molecular formula is C18H22O2. The summed E-state index contributed by atoms with van der Waals surface area (Å²) in [6.45, 7) is 8.25. The maximum Gasteiger partial charge on any atom is 0.330 e. The van der Waals surface area contributed by atoms with Gasteiger partial charge in [-0.25, -0.2) is 4.79 Å². The van der Waals surface area contributed by atoms with Crippen LogP contribution in [0.15, 0.2) is 59.2 Å². The van der Waals surface area contributed by atoms with Crippen molar-refractivity contribution in [2.24, 2.45) is 0 Å². The van der Waals surface area contributed by atoms with Crippen LogP contribution in [0.1, 0.15) is 33.3 Å². The number of carbonyl (C=O) groups is 1. The van der Waals surface area contributed by atoms with Crippen LogP contribution in [0.25, 0.3) is 5.57 Å². The quantitative estimate of drug-likeness (QED) is 0.456. The van der Waals surface area contributed by atoms with Gasteiger partial charge < -0.3 is 4.74 Å². The van der Waals surface area contributed by atoms with Crippen molar-refractivity contribution < 1.29 is 9.53 Å². The maximum absolute atomic E-state index is 11.3. The number of benzene rings is 1. The number of esters is 1. The lowest BCUT2D eigenvalue weighted by atomic mass is 9.91. The van der Waals surface area contributed by atoms with Crippen LogP contribution in [-0.2, 0) is 9.53 Å². The van der Waals surface area contributed by atoms with E-state index < -0.39 is 0 Å². The molecule has 0 N–H and O–H groups in total. The van der Waals surface area contributed by atoms with Gasteiger partial charge in [0, 0.05) is 6.08 Å². The van der Waals surface area contributed by atoms with E-state index in [-0.39, 0.29) is 5.97 Å². The number of hydrogen-bond donors (Lipinski definition) is 0. The standard InChI is InChI=1S/C18H22O2/c1-13(2)16(11-12-17(19)20-5)18(14(3)4)15-9-7-6-8-10-15/h6-12H,1-5H3/b12-11+. The first kappa shape index (κ1) is 16.0. The molecule has 1 rings (SSSR count). The van der Waals surface area contributed by atoms with Crippen LogP contribution in [0.3, 0.4) is 0 Å². The van der Waals surface area contributed by atoms with Crippen LogP contribution in [0.2, 0.25) is 0 Å². The zero-order valence-corrected chi connectivity index (χ0v) is 12.9. The van der Waals surface area contributed by atoms with Gasteiger partial charge in [-0.15, -0.1) is 0 Å². The Balaban J connectivity index is 3.32. The molecule has 0 radical (unpaired) electrons. The third kappa shape index (κ3) is 4.23. The second-order valence-electron chi connectivity index (χ2n) is 5.01. The topological polar surface area (TPSA) is 26.3 Å². The van der Waals surface area contributed by atoms with Crippen LogP contribution in [0.5, 0.6) is 0 Å². The summed E-state index contributed by atoms with van der Waals surface area (Å²) in [6, 6.07) is 10.2. The fraction of sp³-hybridized carbons (Fsp3) is 0.278. The molecule has 0 aromatic heterocycles. The van der Waals surface area contributed by atoms with Gasteiger partial charge >= 0.3 is 5.97 Å². The average Bonchev–Trinajstić information content (AvgIpc) is 2.43. The fourth-order valence-electron chi connectivity index (χ4n) is 2.04. The van der Waals surface area contributed by atoms with E-state index in [0.717, 1.165) is 22.3 Å². The molecular weight excluding hydrogens is 248 g/mol. The van der Waals surface area contributed by atoms with Gasteiger partial charge in [-0.2, -0.15) is 0 Å². The third-order valence-corrected chi connectivity index (χ3v) is 2.96. The van der Waals surface area contributed by atoms with Crippen molar-refractivity contribution in [2.75, 3.05) is 7.11 Å². The van der Waals surface area contributed by atoms with Crippen LogP contribution in [-0.4, -0.2) is 13.1 Å².